The van der Waals surface area contributed by atoms with Gasteiger partial charge in [-0.25, -0.2) is 0 Å². The molecule has 12 atom stereocenters. The second kappa shape index (κ2) is 12.8. The highest BCUT2D eigenvalue weighted by molar-refractivity contribution is 9.09. The van der Waals surface area contributed by atoms with Crippen LogP contribution in [0.3, 0.4) is 0 Å². The zero-order chi connectivity index (χ0) is 32.4. The standard InChI is InChI=1S/C12H22O2S.C11H19BrO2.C11H20O2S/c1-11(2)8-6-9(11)12(14,4-5-15-3)10(13)7-8;1-10(2)7-5-8(10)11(14,3-4-12)9(13)6-7;1-10(2)7-5-8(10)11(13,3-4-14)9(12)6-7/h8-10,13-14H,4-7H2,1-3H3;7-9,13-14H,3-6H2,1-2H3;7-9,12-14H,3-6H2,1-2H3/t8?,9?,10?,12-;2*7?,8?,9?,11-/m111/s1. The number of alkyl halides is 1. The van der Waals surface area contributed by atoms with Crippen molar-refractivity contribution >= 4 is 40.3 Å². The third-order valence-electron chi connectivity index (χ3n) is 14.2. The van der Waals surface area contributed by atoms with Crippen LogP contribution >= 0.6 is 40.3 Å². The molecule has 0 aliphatic heterocycles. The average Bonchev–Trinajstić information content (AvgIpc) is 2.92. The van der Waals surface area contributed by atoms with Crippen molar-refractivity contribution in [3.63, 3.8) is 0 Å². The van der Waals surface area contributed by atoms with Gasteiger partial charge in [-0.3, -0.25) is 0 Å². The van der Waals surface area contributed by atoms with Crippen molar-refractivity contribution < 1.29 is 30.6 Å². The molecular weight excluding hydrogens is 648 g/mol. The van der Waals surface area contributed by atoms with Gasteiger partial charge in [-0.05, 0) is 127 Å². The first-order valence-corrected chi connectivity index (χ1v) is 19.8. The van der Waals surface area contributed by atoms with Crippen molar-refractivity contribution in [2.24, 2.45) is 51.8 Å². The van der Waals surface area contributed by atoms with E-state index in [0.29, 0.717) is 42.3 Å². The van der Waals surface area contributed by atoms with Gasteiger partial charge in [0, 0.05) is 5.33 Å². The summed E-state index contributed by atoms with van der Waals surface area (Å²) in [6.07, 6.45) is 8.09. The van der Waals surface area contributed by atoms with Crippen LogP contribution in [0.15, 0.2) is 0 Å². The number of aliphatic hydroxyl groups excluding tert-OH is 3. The summed E-state index contributed by atoms with van der Waals surface area (Å²) in [7, 11) is 0. The summed E-state index contributed by atoms with van der Waals surface area (Å²) in [6.45, 7) is 13.3. The van der Waals surface area contributed by atoms with Gasteiger partial charge >= 0.3 is 0 Å². The van der Waals surface area contributed by atoms with Crippen LogP contribution in [0, 0.1) is 51.8 Å². The van der Waals surface area contributed by atoms with Gasteiger partial charge in [0.1, 0.15) is 0 Å². The first kappa shape index (κ1) is 36.8. The molecule has 0 spiro atoms. The van der Waals surface area contributed by atoms with E-state index in [9.17, 15) is 30.6 Å². The number of rotatable bonds is 7. The summed E-state index contributed by atoms with van der Waals surface area (Å²) in [5, 5.41) is 62.3. The van der Waals surface area contributed by atoms with Crippen molar-refractivity contribution in [1.29, 1.82) is 0 Å². The van der Waals surface area contributed by atoms with Crippen LogP contribution in [0.2, 0.25) is 0 Å². The maximum absolute atomic E-state index is 10.6. The lowest BCUT2D eigenvalue weighted by atomic mass is 9.43. The Labute approximate surface area is 279 Å². The van der Waals surface area contributed by atoms with E-state index >= 15 is 0 Å². The van der Waals surface area contributed by atoms with Gasteiger partial charge in [0.05, 0.1) is 35.1 Å². The average molecular weight is 710 g/mol. The topological polar surface area (TPSA) is 121 Å². The Morgan fingerprint density at radius 1 is 0.605 bits per heavy atom. The number of thioether (sulfide) groups is 1. The monoisotopic (exact) mass is 708 g/mol. The lowest BCUT2D eigenvalue weighted by Gasteiger charge is -2.65. The number of hydrogen-bond acceptors (Lipinski definition) is 8. The predicted octanol–water partition coefficient (Wildman–Crippen LogP) is 5.29. The molecule has 9 rings (SSSR count). The molecule has 9 aliphatic carbocycles. The Bertz CT molecular complexity index is 931. The van der Waals surface area contributed by atoms with Crippen molar-refractivity contribution in [2.45, 2.75) is 134 Å². The van der Waals surface area contributed by atoms with Crippen molar-refractivity contribution in [3.8, 4) is 0 Å². The molecule has 0 aromatic heterocycles. The van der Waals surface area contributed by atoms with Crippen LogP contribution in [0.1, 0.15) is 99.3 Å². The van der Waals surface area contributed by atoms with E-state index in [1.807, 2.05) is 6.26 Å². The molecule has 252 valence electrons. The van der Waals surface area contributed by atoms with Gasteiger partial charge in [0.25, 0.3) is 0 Å². The van der Waals surface area contributed by atoms with Crippen molar-refractivity contribution in [2.75, 3.05) is 23.1 Å². The van der Waals surface area contributed by atoms with Gasteiger partial charge in [0.2, 0.25) is 0 Å². The van der Waals surface area contributed by atoms with Crippen LogP contribution in [-0.4, -0.2) is 88.8 Å². The minimum Gasteiger partial charge on any atom is -0.390 e. The van der Waals surface area contributed by atoms with Gasteiger partial charge in [0.15, 0.2) is 0 Å². The molecule has 0 heterocycles. The fourth-order valence-corrected chi connectivity index (χ4v) is 12.1. The van der Waals surface area contributed by atoms with Gasteiger partial charge in [-0.2, -0.15) is 24.4 Å². The largest absolute Gasteiger partial charge is 0.390 e. The molecule has 0 aromatic rings. The van der Waals surface area contributed by atoms with E-state index < -0.39 is 35.1 Å². The highest BCUT2D eigenvalue weighted by Crippen LogP contribution is 2.65. The number of fused-ring (bicyclic) bond motifs is 6. The SMILES string of the molecule is CC1(C)C2CC(O)[C@@](O)(CCBr)C1C2.CC1(C)C2CC(O)[C@@](O)(CCS)C1C2.CSCC[C@]1(O)C(O)CC2CC1C2(C)C. The van der Waals surface area contributed by atoms with Gasteiger partial charge in [-0.1, -0.05) is 57.5 Å². The molecule has 9 aliphatic rings. The third-order valence-corrected chi connectivity index (χ3v) is 15.4. The molecule has 0 saturated heterocycles. The molecule has 0 radical (unpaired) electrons. The molecule has 6 nitrogen and oxygen atoms in total. The third kappa shape index (κ3) is 5.95. The Balaban J connectivity index is 0.000000148. The second-order valence-electron chi connectivity index (χ2n) is 16.8. The van der Waals surface area contributed by atoms with Crippen molar-refractivity contribution in [3.05, 3.63) is 0 Å². The van der Waals surface area contributed by atoms with E-state index in [1.54, 1.807) is 11.8 Å². The Hall–Kier alpha value is 0.940. The number of halogens is 1. The van der Waals surface area contributed by atoms with Crippen LogP contribution in [0.5, 0.6) is 0 Å². The highest BCUT2D eigenvalue weighted by Gasteiger charge is 2.66. The van der Waals surface area contributed by atoms with Gasteiger partial charge in [-0.15, -0.1) is 0 Å². The van der Waals surface area contributed by atoms with E-state index in [0.717, 1.165) is 56.0 Å². The smallest absolute Gasteiger partial charge is 0.0946 e. The molecule has 43 heavy (non-hydrogen) atoms. The van der Waals surface area contributed by atoms with Crippen LogP contribution in [-0.2, 0) is 0 Å². The maximum atomic E-state index is 10.6. The summed E-state index contributed by atoms with van der Waals surface area (Å²) in [6, 6.07) is 0. The fourth-order valence-electron chi connectivity index (χ4n) is 10.5. The molecule has 9 fully saturated rings. The van der Waals surface area contributed by atoms with Crippen LogP contribution < -0.4 is 0 Å². The molecule has 6 N–H and O–H groups in total. The molecule has 9 heteroatoms. The summed E-state index contributed by atoms with van der Waals surface area (Å²) < 4.78 is 0. The molecule has 6 bridgehead atoms. The van der Waals surface area contributed by atoms with Gasteiger partial charge < -0.3 is 30.6 Å². The first-order chi connectivity index (χ1) is 19.8. The van der Waals surface area contributed by atoms with Crippen LogP contribution in [0.25, 0.3) is 0 Å². The quantitative estimate of drug-likeness (QED) is 0.142. The molecule has 0 aromatic carbocycles. The first-order valence-electron chi connectivity index (χ1n) is 16.6. The number of thiol groups is 1. The Morgan fingerprint density at radius 3 is 1.21 bits per heavy atom. The Kier molecular flexibility index (Phi) is 10.9. The minimum absolute atomic E-state index is 0.205. The maximum Gasteiger partial charge on any atom is 0.0946 e. The second-order valence-corrected chi connectivity index (χ2v) is 19.0. The normalized spacial score (nSPS) is 49.0. The number of hydrogen-bond donors (Lipinski definition) is 7. The molecule has 9 saturated carbocycles. The fraction of sp³-hybridized carbons (Fsp3) is 1.00. The van der Waals surface area contributed by atoms with E-state index in [-0.39, 0.29) is 28.1 Å². The summed E-state index contributed by atoms with van der Waals surface area (Å²) in [4.78, 5) is 0. The number of aliphatic hydroxyl groups is 6. The summed E-state index contributed by atoms with van der Waals surface area (Å²) in [5.74, 6) is 4.24. The van der Waals surface area contributed by atoms with Crippen LogP contribution in [0.4, 0.5) is 0 Å². The lowest BCUT2D eigenvalue weighted by molar-refractivity contribution is -0.253. The summed E-state index contributed by atoms with van der Waals surface area (Å²) >= 11 is 9.27. The minimum atomic E-state index is -0.875. The van der Waals surface area contributed by atoms with E-state index in [4.69, 9.17) is 0 Å². The molecule has 9 unspecified atom stereocenters. The summed E-state index contributed by atoms with van der Waals surface area (Å²) in [5.41, 5.74) is -1.89. The van der Waals surface area contributed by atoms with E-state index in [1.165, 1.54) is 0 Å². The molecule has 0 amide bonds. The lowest BCUT2D eigenvalue weighted by Crippen LogP contribution is -2.67. The zero-order valence-electron chi connectivity index (χ0n) is 27.6. The highest BCUT2D eigenvalue weighted by atomic mass is 79.9. The van der Waals surface area contributed by atoms with E-state index in [2.05, 4.69) is 70.1 Å². The van der Waals surface area contributed by atoms with Crippen molar-refractivity contribution in [1.82, 2.24) is 0 Å². The molecular formula is C34H61BrO6S2. The predicted molar refractivity (Wildman–Crippen MR) is 183 cm³/mol. The Morgan fingerprint density at radius 2 is 0.930 bits per heavy atom. The zero-order valence-corrected chi connectivity index (χ0v) is 30.9.